The number of piperidine rings is 1. The molecular formula is C21H27ClN6O2. The van der Waals surface area contributed by atoms with Crippen LogP contribution in [-0.2, 0) is 4.74 Å². The number of rotatable bonds is 2. The second-order valence-electron chi connectivity index (χ2n) is 7.67. The van der Waals surface area contributed by atoms with Gasteiger partial charge in [0.25, 0.3) is 0 Å². The van der Waals surface area contributed by atoms with Crippen molar-refractivity contribution in [3.05, 3.63) is 41.3 Å². The predicted octanol–water partition coefficient (Wildman–Crippen LogP) is 2.65. The zero-order valence-corrected chi connectivity index (χ0v) is 17.6. The van der Waals surface area contributed by atoms with Gasteiger partial charge in [-0.3, -0.25) is 0 Å². The van der Waals surface area contributed by atoms with Crippen molar-refractivity contribution < 1.29 is 9.84 Å². The first-order valence-corrected chi connectivity index (χ1v) is 10.7. The molecule has 3 aromatic heterocycles. The summed E-state index contributed by atoms with van der Waals surface area (Å²) in [7, 11) is 0. The van der Waals surface area contributed by atoms with Gasteiger partial charge in [0, 0.05) is 18.4 Å². The summed E-state index contributed by atoms with van der Waals surface area (Å²) in [5.74, 6) is 0.793. The summed E-state index contributed by atoms with van der Waals surface area (Å²) in [6.07, 6.45) is 9.46. The average Bonchev–Trinajstić information content (AvgIpc) is 3.20. The third kappa shape index (κ3) is 4.89. The van der Waals surface area contributed by atoms with E-state index in [1.54, 1.807) is 6.20 Å². The van der Waals surface area contributed by atoms with Gasteiger partial charge in [-0.1, -0.05) is 17.7 Å². The van der Waals surface area contributed by atoms with Crippen LogP contribution >= 0.6 is 11.6 Å². The molecule has 0 amide bonds. The van der Waals surface area contributed by atoms with E-state index in [4.69, 9.17) is 27.2 Å². The van der Waals surface area contributed by atoms with Gasteiger partial charge in [-0.15, -0.1) is 0 Å². The highest BCUT2D eigenvalue weighted by Crippen LogP contribution is 2.31. The number of nitrogens with two attached hydrogens (primary N) is 1. The molecule has 160 valence electrons. The van der Waals surface area contributed by atoms with Crippen LogP contribution in [0.15, 0.2) is 30.7 Å². The SMILES string of the molecule is Nc1ncc(Cl)c(-c2cnn3cc(C4CCNCC4)ccc23)n1.OC1CCCOC1. The fourth-order valence-electron chi connectivity index (χ4n) is 3.87. The molecule has 2 aliphatic rings. The molecule has 2 saturated heterocycles. The number of aliphatic hydroxyl groups is 1. The molecule has 2 fully saturated rings. The van der Waals surface area contributed by atoms with Gasteiger partial charge in [0.15, 0.2) is 0 Å². The molecule has 0 radical (unpaired) electrons. The van der Waals surface area contributed by atoms with Crippen molar-refractivity contribution in [2.75, 3.05) is 32.0 Å². The van der Waals surface area contributed by atoms with Crippen LogP contribution in [0.4, 0.5) is 5.95 Å². The van der Waals surface area contributed by atoms with Crippen LogP contribution in [0.5, 0.6) is 0 Å². The van der Waals surface area contributed by atoms with Gasteiger partial charge in [-0.25, -0.2) is 14.5 Å². The van der Waals surface area contributed by atoms with Crippen LogP contribution in [-0.4, -0.2) is 57.1 Å². The highest BCUT2D eigenvalue weighted by Gasteiger charge is 2.18. The molecule has 30 heavy (non-hydrogen) atoms. The normalized spacial score (nSPS) is 20.0. The van der Waals surface area contributed by atoms with Crippen molar-refractivity contribution in [1.29, 1.82) is 0 Å². The van der Waals surface area contributed by atoms with Crippen molar-refractivity contribution in [2.45, 2.75) is 37.7 Å². The second kappa shape index (κ2) is 9.70. The van der Waals surface area contributed by atoms with Crippen molar-refractivity contribution in [3.63, 3.8) is 0 Å². The van der Waals surface area contributed by atoms with E-state index >= 15 is 0 Å². The van der Waals surface area contributed by atoms with Gasteiger partial charge < -0.3 is 20.9 Å². The Bertz CT molecular complexity index is 983. The first-order chi connectivity index (χ1) is 14.6. The van der Waals surface area contributed by atoms with E-state index in [1.165, 1.54) is 11.8 Å². The lowest BCUT2D eigenvalue weighted by Gasteiger charge is -2.22. The number of nitrogens with one attached hydrogen (secondary N) is 1. The van der Waals surface area contributed by atoms with Crippen LogP contribution in [0, 0.1) is 0 Å². The van der Waals surface area contributed by atoms with Gasteiger partial charge in [0.1, 0.15) is 0 Å². The lowest BCUT2D eigenvalue weighted by Crippen LogP contribution is -2.26. The minimum absolute atomic E-state index is 0.186. The maximum atomic E-state index is 8.78. The highest BCUT2D eigenvalue weighted by atomic mass is 35.5. The first-order valence-electron chi connectivity index (χ1n) is 10.3. The molecule has 3 aromatic rings. The Hall–Kier alpha value is -2.26. The Balaban J connectivity index is 0.000000265. The number of pyridine rings is 1. The molecule has 0 aromatic carbocycles. The molecule has 0 aliphatic carbocycles. The Morgan fingerprint density at radius 3 is 2.73 bits per heavy atom. The molecule has 0 saturated carbocycles. The molecule has 1 atom stereocenters. The maximum absolute atomic E-state index is 8.78. The number of hydrogen-bond acceptors (Lipinski definition) is 7. The first kappa shape index (κ1) is 21.0. The van der Waals surface area contributed by atoms with Crippen molar-refractivity contribution in [3.8, 4) is 11.3 Å². The van der Waals surface area contributed by atoms with Gasteiger partial charge >= 0.3 is 0 Å². The second-order valence-corrected chi connectivity index (χ2v) is 8.08. The third-order valence-corrected chi connectivity index (χ3v) is 5.78. The molecule has 2 aliphatic heterocycles. The Morgan fingerprint density at radius 2 is 2.03 bits per heavy atom. The fraction of sp³-hybridized carbons (Fsp3) is 0.476. The molecule has 5 heterocycles. The minimum Gasteiger partial charge on any atom is -0.391 e. The Kier molecular flexibility index (Phi) is 6.79. The van der Waals surface area contributed by atoms with E-state index in [1.807, 2.05) is 4.52 Å². The molecule has 9 heteroatoms. The number of hydrogen-bond donors (Lipinski definition) is 3. The minimum atomic E-state index is -0.186. The van der Waals surface area contributed by atoms with Crippen LogP contribution in [0.1, 0.15) is 37.2 Å². The smallest absolute Gasteiger partial charge is 0.220 e. The third-order valence-electron chi connectivity index (χ3n) is 5.50. The number of anilines is 1. The maximum Gasteiger partial charge on any atom is 0.220 e. The molecule has 0 bridgehead atoms. The van der Waals surface area contributed by atoms with E-state index in [-0.39, 0.29) is 12.1 Å². The van der Waals surface area contributed by atoms with Gasteiger partial charge in [-0.2, -0.15) is 5.10 Å². The van der Waals surface area contributed by atoms with Crippen LogP contribution in [0.25, 0.3) is 16.8 Å². The Labute approximate surface area is 180 Å². The van der Waals surface area contributed by atoms with E-state index in [0.717, 1.165) is 56.5 Å². The predicted molar refractivity (Wildman–Crippen MR) is 117 cm³/mol. The molecule has 1 unspecified atom stereocenters. The summed E-state index contributed by atoms with van der Waals surface area (Å²) in [4.78, 5) is 8.16. The quantitative estimate of drug-likeness (QED) is 0.573. The van der Waals surface area contributed by atoms with Crippen molar-refractivity contribution in [1.82, 2.24) is 24.9 Å². The summed E-state index contributed by atoms with van der Waals surface area (Å²) in [5.41, 5.74) is 9.44. The molecule has 5 rings (SSSR count). The summed E-state index contributed by atoms with van der Waals surface area (Å²) in [6, 6.07) is 4.25. The summed E-state index contributed by atoms with van der Waals surface area (Å²) in [5, 5.41) is 17.1. The number of halogens is 1. The van der Waals surface area contributed by atoms with Crippen LogP contribution in [0.3, 0.4) is 0 Å². The number of ether oxygens (including phenoxy) is 1. The zero-order chi connectivity index (χ0) is 20.9. The lowest BCUT2D eigenvalue weighted by molar-refractivity contribution is -0.00535. The highest BCUT2D eigenvalue weighted by molar-refractivity contribution is 6.33. The fourth-order valence-corrected chi connectivity index (χ4v) is 4.07. The van der Waals surface area contributed by atoms with Gasteiger partial charge in [0.05, 0.1) is 41.3 Å². The van der Waals surface area contributed by atoms with Gasteiger partial charge in [-0.05, 0) is 56.3 Å². The topological polar surface area (TPSA) is 111 Å². The van der Waals surface area contributed by atoms with E-state index in [9.17, 15) is 0 Å². The number of nitrogen functional groups attached to an aromatic ring is 1. The number of fused-ring (bicyclic) bond motifs is 1. The lowest BCUT2D eigenvalue weighted by atomic mass is 9.91. The van der Waals surface area contributed by atoms with E-state index < -0.39 is 0 Å². The molecule has 4 N–H and O–H groups in total. The van der Waals surface area contributed by atoms with Gasteiger partial charge in [0.2, 0.25) is 5.95 Å². The van der Waals surface area contributed by atoms with Crippen LogP contribution in [0.2, 0.25) is 5.02 Å². The monoisotopic (exact) mass is 430 g/mol. The molecular weight excluding hydrogens is 404 g/mol. The number of aliphatic hydroxyl groups excluding tert-OH is 1. The largest absolute Gasteiger partial charge is 0.391 e. The number of nitrogens with zero attached hydrogens (tertiary/aromatic N) is 4. The average molecular weight is 431 g/mol. The summed E-state index contributed by atoms with van der Waals surface area (Å²) < 4.78 is 6.82. The van der Waals surface area contributed by atoms with Crippen LogP contribution < -0.4 is 11.1 Å². The summed E-state index contributed by atoms with van der Waals surface area (Å²) in [6.45, 7) is 3.52. The summed E-state index contributed by atoms with van der Waals surface area (Å²) >= 11 is 6.22. The van der Waals surface area contributed by atoms with Crippen molar-refractivity contribution >= 4 is 23.1 Å². The standard InChI is InChI=1S/C16H17ClN6.C5H10O2/c17-13-8-20-16(18)22-15(13)12-7-21-23-9-11(1-2-14(12)23)10-3-5-19-6-4-10;6-5-2-1-3-7-4-5/h1-2,7-10,19H,3-6H2,(H2,18,20,22);5-6H,1-4H2. The zero-order valence-electron chi connectivity index (χ0n) is 16.8. The Morgan fingerprint density at radius 1 is 1.20 bits per heavy atom. The van der Waals surface area contributed by atoms with E-state index in [2.05, 4.69) is 38.7 Å². The van der Waals surface area contributed by atoms with E-state index in [0.29, 0.717) is 23.2 Å². The molecule has 8 nitrogen and oxygen atoms in total. The molecule has 0 spiro atoms. The number of aromatic nitrogens is 4. The van der Waals surface area contributed by atoms with Crippen molar-refractivity contribution in [2.24, 2.45) is 0 Å².